The molecule has 1 N–H and O–H groups in total. The first-order valence-electron chi connectivity index (χ1n) is 9.01. The summed E-state index contributed by atoms with van der Waals surface area (Å²) in [6.45, 7) is 7.68. The zero-order valence-corrected chi connectivity index (χ0v) is 16.4. The molecule has 2 aliphatic rings. The van der Waals surface area contributed by atoms with Gasteiger partial charge in [0.05, 0.1) is 25.7 Å². The summed E-state index contributed by atoms with van der Waals surface area (Å²) >= 11 is 0. The van der Waals surface area contributed by atoms with Gasteiger partial charge in [-0.2, -0.15) is 0 Å². The number of pyridine rings is 1. The van der Waals surface area contributed by atoms with Crippen LogP contribution in [-0.4, -0.2) is 59.1 Å². The highest BCUT2D eigenvalue weighted by molar-refractivity contribution is 5.75. The Morgan fingerprint density at radius 2 is 1.96 bits per heavy atom. The number of carboxylic acid groups (broad SMARTS) is 1. The fourth-order valence-corrected chi connectivity index (χ4v) is 4.03. The fraction of sp³-hybridized carbons (Fsp3) is 0.632. The average molecular weight is 378 g/mol. The molecule has 1 aromatic heterocycles. The smallest absolute Gasteiger partial charge is 0.410 e. The molecular weight excluding hydrogens is 352 g/mol. The number of carbonyl (C=O) groups excluding carboxylic acids is 1. The summed E-state index contributed by atoms with van der Waals surface area (Å²) in [4.78, 5) is 29.3. The summed E-state index contributed by atoms with van der Waals surface area (Å²) in [6, 6.07) is -0.407. The maximum Gasteiger partial charge on any atom is 0.410 e. The normalized spacial score (nSPS) is 23.2. The van der Waals surface area contributed by atoms with Gasteiger partial charge in [-0.25, -0.2) is 9.78 Å². The van der Waals surface area contributed by atoms with E-state index in [1.165, 1.54) is 12.0 Å². The number of methoxy groups -OCH3 is 1. The van der Waals surface area contributed by atoms with Crippen molar-refractivity contribution >= 4 is 12.1 Å². The van der Waals surface area contributed by atoms with Crippen LogP contribution in [-0.2, 0) is 27.1 Å². The van der Waals surface area contributed by atoms with Gasteiger partial charge in [0.2, 0.25) is 5.88 Å². The number of rotatable bonds is 4. The monoisotopic (exact) mass is 378 g/mol. The number of aryl methyl sites for hydroxylation is 1. The van der Waals surface area contributed by atoms with Crippen LogP contribution >= 0.6 is 0 Å². The third kappa shape index (κ3) is 3.45. The lowest BCUT2D eigenvalue weighted by atomic mass is 10.0. The molecule has 0 aromatic carbocycles. The summed E-state index contributed by atoms with van der Waals surface area (Å²) in [5, 5.41) is 9.48. The highest BCUT2D eigenvalue weighted by Crippen LogP contribution is 2.36. The first-order chi connectivity index (χ1) is 12.7. The van der Waals surface area contributed by atoms with Gasteiger partial charge in [0.25, 0.3) is 0 Å². The second-order valence-electron chi connectivity index (χ2n) is 7.59. The van der Waals surface area contributed by atoms with Gasteiger partial charge in [-0.15, -0.1) is 0 Å². The molecule has 2 atom stereocenters. The summed E-state index contributed by atoms with van der Waals surface area (Å²) in [6.07, 6.45) is 0.190. The van der Waals surface area contributed by atoms with Crippen molar-refractivity contribution in [1.29, 1.82) is 0 Å². The SMILES string of the molecule is COC(=O)C1Cc2c(C)nc(OC[C@H]3COC(C)(C)N3C(=O)O)c(C)c2C1. The lowest BCUT2D eigenvalue weighted by Crippen LogP contribution is -2.49. The van der Waals surface area contributed by atoms with Gasteiger partial charge >= 0.3 is 12.1 Å². The molecule has 1 unspecified atom stereocenters. The zero-order valence-electron chi connectivity index (χ0n) is 16.4. The molecule has 8 heteroatoms. The van der Waals surface area contributed by atoms with Crippen LogP contribution in [0.5, 0.6) is 5.88 Å². The molecule has 2 heterocycles. The Morgan fingerprint density at radius 3 is 2.59 bits per heavy atom. The van der Waals surface area contributed by atoms with Crippen LogP contribution in [0.4, 0.5) is 4.79 Å². The molecule has 148 valence electrons. The Bertz CT molecular complexity index is 776. The zero-order chi connectivity index (χ0) is 19.9. The van der Waals surface area contributed by atoms with Crippen molar-refractivity contribution in [2.45, 2.75) is 52.3 Å². The Hall–Kier alpha value is -2.35. The van der Waals surface area contributed by atoms with E-state index in [4.69, 9.17) is 14.2 Å². The number of ether oxygens (including phenoxy) is 3. The summed E-state index contributed by atoms with van der Waals surface area (Å²) in [5.74, 6) is 0.0766. The van der Waals surface area contributed by atoms with E-state index < -0.39 is 17.9 Å². The molecule has 0 bridgehead atoms. The number of carbonyl (C=O) groups is 2. The lowest BCUT2D eigenvalue weighted by molar-refractivity contribution is -0.145. The van der Waals surface area contributed by atoms with Crippen molar-refractivity contribution in [3.63, 3.8) is 0 Å². The summed E-state index contributed by atoms with van der Waals surface area (Å²) < 4.78 is 16.4. The number of hydrogen-bond donors (Lipinski definition) is 1. The number of amides is 1. The largest absolute Gasteiger partial charge is 0.475 e. The number of aromatic nitrogens is 1. The maximum atomic E-state index is 11.9. The Kier molecular flexibility index (Phi) is 5.03. The number of fused-ring (bicyclic) bond motifs is 1. The van der Waals surface area contributed by atoms with Gasteiger partial charge in [-0.3, -0.25) is 9.69 Å². The first kappa shape index (κ1) is 19.4. The number of hydrogen-bond acceptors (Lipinski definition) is 6. The molecule has 1 aromatic rings. The van der Waals surface area contributed by atoms with Gasteiger partial charge in [-0.05, 0) is 51.7 Å². The maximum absolute atomic E-state index is 11.9. The molecule has 0 spiro atoms. The van der Waals surface area contributed by atoms with E-state index in [0.29, 0.717) is 18.7 Å². The molecule has 0 radical (unpaired) electrons. The van der Waals surface area contributed by atoms with Crippen molar-refractivity contribution in [1.82, 2.24) is 9.88 Å². The number of nitrogens with zero attached hydrogens (tertiary/aromatic N) is 2. The average Bonchev–Trinajstić information content (AvgIpc) is 3.17. The molecule has 3 rings (SSSR count). The van der Waals surface area contributed by atoms with Gasteiger partial charge in [0, 0.05) is 11.3 Å². The molecule has 1 aliphatic carbocycles. The van der Waals surface area contributed by atoms with E-state index in [1.807, 2.05) is 13.8 Å². The van der Waals surface area contributed by atoms with E-state index in [1.54, 1.807) is 13.8 Å². The lowest BCUT2D eigenvalue weighted by Gasteiger charge is -2.30. The molecule has 1 saturated heterocycles. The van der Waals surface area contributed by atoms with Crippen LogP contribution < -0.4 is 4.74 Å². The van der Waals surface area contributed by atoms with Gasteiger partial charge in [0.1, 0.15) is 12.3 Å². The van der Waals surface area contributed by atoms with E-state index >= 15 is 0 Å². The predicted octanol–water partition coefficient (Wildman–Crippen LogP) is 2.08. The van der Waals surface area contributed by atoms with Crippen molar-refractivity contribution < 1.29 is 28.9 Å². The molecule has 1 fully saturated rings. The molecule has 1 aliphatic heterocycles. The van der Waals surface area contributed by atoms with Crippen LogP contribution in [0.3, 0.4) is 0 Å². The van der Waals surface area contributed by atoms with Crippen molar-refractivity contribution in [3.8, 4) is 5.88 Å². The predicted molar refractivity (Wildman–Crippen MR) is 95.8 cm³/mol. The topological polar surface area (TPSA) is 98.2 Å². The van der Waals surface area contributed by atoms with Gasteiger partial charge in [0.15, 0.2) is 0 Å². The minimum Gasteiger partial charge on any atom is -0.475 e. The van der Waals surface area contributed by atoms with Crippen LogP contribution in [0.2, 0.25) is 0 Å². The number of esters is 1. The van der Waals surface area contributed by atoms with E-state index in [-0.39, 0.29) is 25.1 Å². The van der Waals surface area contributed by atoms with Crippen molar-refractivity contribution in [2.75, 3.05) is 20.3 Å². The molecule has 8 nitrogen and oxygen atoms in total. The molecule has 0 saturated carbocycles. The van der Waals surface area contributed by atoms with Crippen molar-refractivity contribution in [3.05, 3.63) is 22.4 Å². The Balaban J connectivity index is 1.77. The summed E-state index contributed by atoms with van der Waals surface area (Å²) in [5.41, 5.74) is 2.99. The van der Waals surface area contributed by atoms with Gasteiger partial charge in [-0.1, -0.05) is 0 Å². The molecule has 1 amide bonds. The van der Waals surface area contributed by atoms with Crippen LogP contribution in [0, 0.1) is 19.8 Å². The van der Waals surface area contributed by atoms with Crippen LogP contribution in [0.15, 0.2) is 0 Å². The van der Waals surface area contributed by atoms with E-state index in [9.17, 15) is 14.7 Å². The minimum atomic E-state index is -1.04. The minimum absolute atomic E-state index is 0.155. The Labute approximate surface area is 158 Å². The van der Waals surface area contributed by atoms with E-state index in [0.717, 1.165) is 22.4 Å². The third-order valence-corrected chi connectivity index (χ3v) is 5.47. The molecule has 27 heavy (non-hydrogen) atoms. The second-order valence-corrected chi connectivity index (χ2v) is 7.59. The summed E-state index contributed by atoms with van der Waals surface area (Å²) in [7, 11) is 1.40. The van der Waals surface area contributed by atoms with Crippen LogP contribution in [0.25, 0.3) is 0 Å². The molecular formula is C19H26N2O6. The van der Waals surface area contributed by atoms with Gasteiger partial charge < -0.3 is 19.3 Å². The second kappa shape index (κ2) is 6.99. The van der Waals surface area contributed by atoms with Crippen LogP contribution in [0.1, 0.15) is 36.2 Å². The first-order valence-corrected chi connectivity index (χ1v) is 9.01. The third-order valence-electron chi connectivity index (χ3n) is 5.47. The highest BCUT2D eigenvalue weighted by Gasteiger charge is 2.44. The quantitative estimate of drug-likeness (QED) is 0.801. The fourth-order valence-electron chi connectivity index (χ4n) is 4.03. The standard InChI is InChI=1S/C19H26N2O6/c1-10-14-6-12(17(22)25-5)7-15(14)11(2)20-16(10)26-8-13-9-27-19(3,4)21(13)18(23)24/h12-13H,6-9H2,1-5H3,(H,23,24)/t12?,13-/m0/s1. The van der Waals surface area contributed by atoms with E-state index in [2.05, 4.69) is 4.98 Å². The van der Waals surface area contributed by atoms with Crippen molar-refractivity contribution in [2.24, 2.45) is 5.92 Å². The Morgan fingerprint density at radius 1 is 1.30 bits per heavy atom. The highest BCUT2D eigenvalue weighted by atomic mass is 16.5.